The van der Waals surface area contributed by atoms with Crippen molar-refractivity contribution >= 4 is 33.4 Å². The summed E-state index contributed by atoms with van der Waals surface area (Å²) in [6.07, 6.45) is 0. The van der Waals surface area contributed by atoms with Crippen LogP contribution in [0.2, 0.25) is 5.28 Å². The van der Waals surface area contributed by atoms with Crippen molar-refractivity contribution in [2.45, 2.75) is 0 Å². The van der Waals surface area contributed by atoms with E-state index >= 15 is 0 Å². The van der Waals surface area contributed by atoms with E-state index in [2.05, 4.69) is 93.4 Å². The van der Waals surface area contributed by atoms with Gasteiger partial charge in [0.1, 0.15) is 0 Å². The van der Waals surface area contributed by atoms with E-state index < -0.39 is 0 Å². The van der Waals surface area contributed by atoms with Crippen LogP contribution in [0.25, 0.3) is 61.4 Å². The maximum Gasteiger partial charge on any atom is 0.226 e. The first-order chi connectivity index (χ1) is 18.7. The summed E-state index contributed by atoms with van der Waals surface area (Å²) in [4.78, 5) is 13.6. The predicted molar refractivity (Wildman–Crippen MR) is 155 cm³/mol. The molecule has 0 aliphatic heterocycles. The normalized spacial score (nSPS) is 11.3. The number of hydrogen-bond acceptors (Lipinski definition) is 3. The minimum atomic E-state index is 0.171. The second-order valence-corrected chi connectivity index (χ2v) is 9.46. The Morgan fingerprint density at radius 2 is 1.08 bits per heavy atom. The minimum absolute atomic E-state index is 0.171. The molecular weight excluding hydrogens is 488 g/mol. The first kappa shape index (κ1) is 22.4. The Morgan fingerprint density at radius 3 is 1.87 bits per heavy atom. The van der Waals surface area contributed by atoms with Crippen LogP contribution in [0, 0.1) is 0 Å². The molecule has 0 atom stereocenters. The van der Waals surface area contributed by atoms with E-state index in [0.717, 1.165) is 27.8 Å². The average Bonchev–Trinajstić information content (AvgIpc) is 3.31. The van der Waals surface area contributed by atoms with Gasteiger partial charge in [-0.2, -0.15) is 9.97 Å². The molecule has 0 N–H and O–H groups in total. The van der Waals surface area contributed by atoms with Gasteiger partial charge in [0.15, 0.2) is 11.6 Å². The molecule has 38 heavy (non-hydrogen) atoms. The van der Waals surface area contributed by atoms with Crippen molar-refractivity contribution in [2.75, 3.05) is 0 Å². The molecule has 2 aromatic heterocycles. The van der Waals surface area contributed by atoms with Crippen molar-refractivity contribution in [3.05, 3.63) is 133 Å². The summed E-state index contributed by atoms with van der Waals surface area (Å²) in [5, 5.41) is 2.59. The maximum absolute atomic E-state index is 6.34. The Bertz CT molecular complexity index is 1930. The van der Waals surface area contributed by atoms with Crippen LogP contribution in [0.4, 0.5) is 0 Å². The molecule has 5 aromatic carbocycles. The third kappa shape index (κ3) is 3.92. The zero-order chi connectivity index (χ0) is 25.5. The molecule has 0 amide bonds. The Labute approximate surface area is 224 Å². The van der Waals surface area contributed by atoms with E-state index in [1.165, 1.54) is 21.9 Å². The van der Waals surface area contributed by atoms with Crippen LogP contribution in [-0.2, 0) is 0 Å². The molecule has 0 fully saturated rings. The predicted octanol–water partition coefficient (Wildman–Crippen LogP) is 8.62. The van der Waals surface area contributed by atoms with Gasteiger partial charge in [-0.15, -0.1) is 0 Å². The minimum Gasteiger partial charge on any atom is -0.309 e. The summed E-state index contributed by atoms with van der Waals surface area (Å²) in [6, 6.07) is 43.8. The molecule has 7 aromatic rings. The molecule has 0 saturated heterocycles. The van der Waals surface area contributed by atoms with Crippen molar-refractivity contribution in [2.24, 2.45) is 0 Å². The summed E-state index contributed by atoms with van der Waals surface area (Å²) < 4.78 is 2.30. The first-order valence-corrected chi connectivity index (χ1v) is 12.8. The fourth-order valence-corrected chi connectivity index (χ4v) is 5.20. The second-order valence-electron chi connectivity index (χ2n) is 9.12. The van der Waals surface area contributed by atoms with Gasteiger partial charge in [-0.1, -0.05) is 97.1 Å². The van der Waals surface area contributed by atoms with Gasteiger partial charge in [0, 0.05) is 27.6 Å². The molecule has 7 rings (SSSR count). The average molecular weight is 509 g/mol. The number of nitrogens with zero attached hydrogens (tertiary/aromatic N) is 4. The number of halogens is 1. The molecule has 0 unspecified atom stereocenters. The number of hydrogen-bond donors (Lipinski definition) is 0. The van der Waals surface area contributed by atoms with Gasteiger partial charge in [-0.3, -0.25) is 0 Å². The summed E-state index contributed by atoms with van der Waals surface area (Å²) in [5.41, 5.74) is 7.47. The Morgan fingerprint density at radius 1 is 0.447 bits per heavy atom. The van der Waals surface area contributed by atoms with E-state index in [1.54, 1.807) is 0 Å². The van der Waals surface area contributed by atoms with Crippen LogP contribution >= 0.6 is 11.6 Å². The summed E-state index contributed by atoms with van der Waals surface area (Å²) >= 11 is 6.34. The maximum atomic E-state index is 6.34. The van der Waals surface area contributed by atoms with Crippen LogP contribution in [0.3, 0.4) is 0 Å². The van der Waals surface area contributed by atoms with Gasteiger partial charge in [0.2, 0.25) is 5.28 Å². The SMILES string of the molecule is Clc1nc(-c2ccccc2)nc(-c2cccc(-n3c4ccccc4c4cc(-c5ccccc5)ccc43)c2)n1. The Balaban J connectivity index is 1.40. The zero-order valence-corrected chi connectivity index (χ0v) is 21.0. The number of para-hydroxylation sites is 1. The fraction of sp³-hybridized carbons (Fsp3) is 0. The molecule has 0 spiro atoms. The fourth-order valence-electron chi connectivity index (χ4n) is 5.04. The lowest BCUT2D eigenvalue weighted by molar-refractivity contribution is 1.06. The van der Waals surface area contributed by atoms with Crippen molar-refractivity contribution < 1.29 is 0 Å². The van der Waals surface area contributed by atoms with Crippen molar-refractivity contribution in [1.29, 1.82) is 0 Å². The third-order valence-corrected chi connectivity index (χ3v) is 6.95. The van der Waals surface area contributed by atoms with Crippen molar-refractivity contribution in [3.8, 4) is 39.6 Å². The van der Waals surface area contributed by atoms with Crippen molar-refractivity contribution in [1.82, 2.24) is 19.5 Å². The lowest BCUT2D eigenvalue weighted by Gasteiger charge is -2.11. The Kier molecular flexibility index (Phi) is 5.46. The smallest absolute Gasteiger partial charge is 0.226 e. The molecule has 0 bridgehead atoms. The van der Waals surface area contributed by atoms with Gasteiger partial charge in [-0.25, -0.2) is 4.98 Å². The van der Waals surface area contributed by atoms with E-state index in [4.69, 9.17) is 16.6 Å². The lowest BCUT2D eigenvalue weighted by Crippen LogP contribution is -1.99. The molecule has 4 nitrogen and oxygen atoms in total. The highest BCUT2D eigenvalue weighted by Gasteiger charge is 2.15. The van der Waals surface area contributed by atoms with Crippen molar-refractivity contribution in [3.63, 3.8) is 0 Å². The molecule has 0 radical (unpaired) electrons. The van der Waals surface area contributed by atoms with E-state index in [0.29, 0.717) is 11.6 Å². The number of benzene rings is 5. The lowest BCUT2D eigenvalue weighted by atomic mass is 10.0. The Hall–Kier alpha value is -4.80. The van der Waals surface area contributed by atoms with Crippen LogP contribution in [0.15, 0.2) is 127 Å². The number of rotatable bonds is 4. The van der Waals surface area contributed by atoms with Gasteiger partial charge in [0.05, 0.1) is 11.0 Å². The molecular formula is C33H21ClN4. The highest BCUT2D eigenvalue weighted by atomic mass is 35.5. The number of fused-ring (bicyclic) bond motifs is 3. The van der Waals surface area contributed by atoms with Crippen LogP contribution in [0.1, 0.15) is 0 Å². The standard InChI is InChI=1S/C33H21ClN4/c34-33-36-31(23-12-5-2-6-13-23)35-32(37-33)25-14-9-15-26(20-25)38-29-17-8-7-16-27(29)28-21-24(18-19-30(28)38)22-10-3-1-4-11-22/h1-21H. The highest BCUT2D eigenvalue weighted by molar-refractivity contribution is 6.28. The van der Waals surface area contributed by atoms with Crippen LogP contribution in [-0.4, -0.2) is 19.5 Å². The first-order valence-electron chi connectivity index (χ1n) is 12.4. The second kappa shape index (κ2) is 9.25. The van der Waals surface area contributed by atoms with E-state index in [9.17, 15) is 0 Å². The van der Waals surface area contributed by atoms with Crippen LogP contribution < -0.4 is 0 Å². The molecule has 0 aliphatic carbocycles. The highest BCUT2D eigenvalue weighted by Crippen LogP contribution is 2.35. The van der Waals surface area contributed by atoms with Gasteiger partial charge in [-0.05, 0) is 53.1 Å². The van der Waals surface area contributed by atoms with Gasteiger partial charge >= 0.3 is 0 Å². The monoisotopic (exact) mass is 508 g/mol. The summed E-state index contributed by atoms with van der Waals surface area (Å²) in [7, 11) is 0. The zero-order valence-electron chi connectivity index (χ0n) is 20.3. The van der Waals surface area contributed by atoms with Gasteiger partial charge in [0.25, 0.3) is 0 Å². The number of aromatic nitrogens is 4. The molecule has 2 heterocycles. The molecule has 0 saturated carbocycles. The largest absolute Gasteiger partial charge is 0.309 e. The quantitative estimate of drug-likeness (QED) is 0.239. The molecule has 180 valence electrons. The van der Waals surface area contributed by atoms with Gasteiger partial charge < -0.3 is 4.57 Å². The van der Waals surface area contributed by atoms with Crippen LogP contribution in [0.5, 0.6) is 0 Å². The summed E-state index contributed by atoms with van der Waals surface area (Å²) in [5.74, 6) is 1.09. The molecule has 5 heteroatoms. The molecule has 0 aliphatic rings. The van der Waals surface area contributed by atoms with E-state index in [1.807, 2.05) is 48.5 Å². The summed E-state index contributed by atoms with van der Waals surface area (Å²) in [6.45, 7) is 0. The third-order valence-electron chi connectivity index (χ3n) is 6.78. The topological polar surface area (TPSA) is 43.6 Å². The van der Waals surface area contributed by atoms with E-state index in [-0.39, 0.29) is 5.28 Å².